The Bertz CT molecular complexity index is 413. The van der Waals surface area contributed by atoms with Crippen LogP contribution in [0.4, 0.5) is 5.69 Å². The van der Waals surface area contributed by atoms with Crippen molar-refractivity contribution in [2.45, 2.75) is 13.8 Å². The fraction of sp³-hybridized carbons (Fsp3) is 0.273. The normalized spacial score (nSPS) is 11.6. The number of nitrogens with zero attached hydrogens (tertiary/aromatic N) is 1. The second-order valence-electron chi connectivity index (χ2n) is 3.71. The monoisotopic (exact) mass is 221 g/mol. The van der Waals surface area contributed by atoms with E-state index in [0.29, 0.717) is 11.3 Å². The molecule has 1 rings (SSSR count). The fourth-order valence-electron chi connectivity index (χ4n) is 1.10. The maximum absolute atomic E-state index is 11.4. The fourth-order valence-corrected chi connectivity index (χ4v) is 1.10. The van der Waals surface area contributed by atoms with E-state index in [0.717, 1.165) is 0 Å². The molecule has 5 nitrogen and oxygen atoms in total. The predicted octanol–water partition coefficient (Wildman–Crippen LogP) is 1.38. The first-order valence-corrected chi connectivity index (χ1v) is 4.93. The van der Waals surface area contributed by atoms with Gasteiger partial charge in [-0.1, -0.05) is 31.1 Å². The molecule has 0 saturated carbocycles. The maximum atomic E-state index is 11.4. The van der Waals surface area contributed by atoms with Gasteiger partial charge in [-0.2, -0.15) is 0 Å². The number of carbonyl (C=O) groups is 1. The summed E-state index contributed by atoms with van der Waals surface area (Å²) in [5.41, 5.74) is 6.63. The Labute approximate surface area is 94.0 Å². The van der Waals surface area contributed by atoms with Gasteiger partial charge in [0, 0.05) is 17.2 Å². The third-order valence-electron chi connectivity index (χ3n) is 2.06. The second-order valence-corrected chi connectivity index (χ2v) is 3.71. The van der Waals surface area contributed by atoms with Crippen molar-refractivity contribution in [1.82, 2.24) is 0 Å². The first-order chi connectivity index (χ1) is 7.54. The van der Waals surface area contributed by atoms with Gasteiger partial charge in [-0.05, 0) is 12.1 Å². The molecule has 0 aliphatic heterocycles. The maximum Gasteiger partial charge on any atom is 0.226 e. The van der Waals surface area contributed by atoms with Crippen LogP contribution in [0.5, 0.6) is 0 Å². The molecule has 4 N–H and O–H groups in total. The van der Waals surface area contributed by atoms with Crippen molar-refractivity contribution in [2.24, 2.45) is 16.8 Å². The van der Waals surface area contributed by atoms with E-state index in [1.807, 2.05) is 13.8 Å². The largest absolute Gasteiger partial charge is 0.409 e. The van der Waals surface area contributed by atoms with Crippen molar-refractivity contribution in [1.29, 1.82) is 0 Å². The van der Waals surface area contributed by atoms with Crippen molar-refractivity contribution < 1.29 is 10.0 Å². The quantitative estimate of drug-likeness (QED) is 0.312. The van der Waals surface area contributed by atoms with Gasteiger partial charge in [0.2, 0.25) is 5.91 Å². The minimum atomic E-state index is -0.0903. The zero-order valence-electron chi connectivity index (χ0n) is 9.27. The molecule has 0 heterocycles. The highest BCUT2D eigenvalue weighted by molar-refractivity contribution is 5.99. The van der Waals surface area contributed by atoms with E-state index in [-0.39, 0.29) is 17.7 Å². The second kappa shape index (κ2) is 5.16. The van der Waals surface area contributed by atoms with E-state index in [4.69, 9.17) is 10.9 Å². The summed E-state index contributed by atoms with van der Waals surface area (Å²) in [5, 5.41) is 14.2. The van der Waals surface area contributed by atoms with E-state index in [1.54, 1.807) is 24.3 Å². The Hall–Kier alpha value is -2.04. The minimum Gasteiger partial charge on any atom is -0.409 e. The lowest BCUT2D eigenvalue weighted by Crippen LogP contribution is -2.18. The van der Waals surface area contributed by atoms with Crippen LogP contribution in [0.1, 0.15) is 19.4 Å². The van der Waals surface area contributed by atoms with Crippen LogP contribution in [0.2, 0.25) is 0 Å². The minimum absolute atomic E-state index is 0.0145. The number of nitrogens with one attached hydrogen (secondary N) is 1. The third-order valence-corrected chi connectivity index (χ3v) is 2.06. The smallest absolute Gasteiger partial charge is 0.226 e. The van der Waals surface area contributed by atoms with Crippen LogP contribution < -0.4 is 11.1 Å². The molecule has 0 aromatic heterocycles. The average Bonchev–Trinajstić information content (AvgIpc) is 2.28. The number of oxime groups is 1. The highest BCUT2D eigenvalue weighted by Gasteiger charge is 2.07. The molecule has 0 saturated heterocycles. The van der Waals surface area contributed by atoms with Crippen molar-refractivity contribution >= 4 is 17.4 Å². The molecule has 0 atom stereocenters. The molecule has 1 aromatic rings. The molecule has 0 radical (unpaired) electrons. The van der Waals surface area contributed by atoms with Gasteiger partial charge in [-0.25, -0.2) is 0 Å². The topological polar surface area (TPSA) is 87.7 Å². The standard InChI is InChI=1S/C11H15N3O2/c1-7(2)11(15)13-9-5-3-4-8(6-9)10(12)14-16/h3-7,16H,1-2H3,(H2,12,14)(H,13,15). The summed E-state index contributed by atoms with van der Waals surface area (Å²) in [6.07, 6.45) is 0. The first kappa shape index (κ1) is 12.0. The summed E-state index contributed by atoms with van der Waals surface area (Å²) < 4.78 is 0. The lowest BCUT2D eigenvalue weighted by Gasteiger charge is -2.08. The summed E-state index contributed by atoms with van der Waals surface area (Å²) in [6.45, 7) is 3.62. The van der Waals surface area contributed by atoms with Gasteiger partial charge in [0.1, 0.15) is 0 Å². The Morgan fingerprint density at radius 2 is 2.19 bits per heavy atom. The molecule has 0 spiro atoms. The van der Waals surface area contributed by atoms with Crippen LogP contribution in [0.25, 0.3) is 0 Å². The number of anilines is 1. The number of amidine groups is 1. The summed E-state index contributed by atoms with van der Waals surface area (Å²) >= 11 is 0. The van der Waals surface area contributed by atoms with Gasteiger partial charge in [-0.15, -0.1) is 0 Å². The van der Waals surface area contributed by atoms with E-state index < -0.39 is 0 Å². The van der Waals surface area contributed by atoms with Crippen LogP contribution in [0.3, 0.4) is 0 Å². The first-order valence-electron chi connectivity index (χ1n) is 4.93. The molecule has 0 aliphatic rings. The van der Waals surface area contributed by atoms with Crippen molar-refractivity contribution in [2.75, 3.05) is 5.32 Å². The Morgan fingerprint density at radius 1 is 1.50 bits per heavy atom. The Kier molecular flexibility index (Phi) is 3.88. The summed E-state index contributed by atoms with van der Waals surface area (Å²) in [5.74, 6) is -0.148. The predicted molar refractivity (Wildman–Crippen MR) is 62.4 cm³/mol. The van der Waals surface area contributed by atoms with Gasteiger partial charge in [0.25, 0.3) is 0 Å². The number of hydrogen-bond donors (Lipinski definition) is 3. The van der Waals surface area contributed by atoms with Gasteiger partial charge in [0.05, 0.1) is 0 Å². The highest BCUT2D eigenvalue weighted by Crippen LogP contribution is 2.11. The van der Waals surface area contributed by atoms with Crippen LogP contribution in [-0.4, -0.2) is 17.0 Å². The highest BCUT2D eigenvalue weighted by atomic mass is 16.4. The van der Waals surface area contributed by atoms with E-state index in [9.17, 15) is 4.79 Å². The molecule has 1 amide bonds. The zero-order valence-corrected chi connectivity index (χ0v) is 9.27. The molecule has 1 aromatic carbocycles. The average molecular weight is 221 g/mol. The zero-order chi connectivity index (χ0) is 12.1. The molecule has 5 heteroatoms. The van der Waals surface area contributed by atoms with Gasteiger partial charge < -0.3 is 16.3 Å². The summed E-state index contributed by atoms with van der Waals surface area (Å²) in [4.78, 5) is 11.4. The van der Waals surface area contributed by atoms with Crippen molar-refractivity contribution in [3.8, 4) is 0 Å². The summed E-state index contributed by atoms with van der Waals surface area (Å²) in [6, 6.07) is 6.81. The van der Waals surface area contributed by atoms with Crippen molar-refractivity contribution in [3.05, 3.63) is 29.8 Å². The Balaban J connectivity index is 2.87. The number of benzene rings is 1. The SMILES string of the molecule is CC(C)C(=O)Nc1cccc(/C(N)=N/O)c1. The number of nitrogens with two attached hydrogens (primary N) is 1. The molecule has 16 heavy (non-hydrogen) atoms. The number of rotatable bonds is 3. The lowest BCUT2D eigenvalue weighted by molar-refractivity contribution is -0.118. The molecule has 86 valence electrons. The van der Waals surface area contributed by atoms with Crippen LogP contribution in [0, 0.1) is 5.92 Å². The number of amides is 1. The molecule has 0 fully saturated rings. The number of carbonyl (C=O) groups excluding carboxylic acids is 1. The van der Waals surface area contributed by atoms with Gasteiger partial charge in [-0.3, -0.25) is 4.79 Å². The van der Waals surface area contributed by atoms with Gasteiger partial charge in [0.15, 0.2) is 5.84 Å². The molecular weight excluding hydrogens is 206 g/mol. The van der Waals surface area contributed by atoms with Crippen LogP contribution in [-0.2, 0) is 4.79 Å². The van der Waals surface area contributed by atoms with Crippen LogP contribution >= 0.6 is 0 Å². The third kappa shape index (κ3) is 2.98. The Morgan fingerprint density at radius 3 is 2.75 bits per heavy atom. The number of hydrogen-bond acceptors (Lipinski definition) is 3. The molecule has 0 bridgehead atoms. The summed E-state index contributed by atoms with van der Waals surface area (Å²) in [7, 11) is 0. The molecule has 0 aliphatic carbocycles. The van der Waals surface area contributed by atoms with Crippen molar-refractivity contribution in [3.63, 3.8) is 0 Å². The van der Waals surface area contributed by atoms with E-state index in [2.05, 4.69) is 10.5 Å². The van der Waals surface area contributed by atoms with E-state index in [1.165, 1.54) is 0 Å². The molecular formula is C11H15N3O2. The van der Waals surface area contributed by atoms with Gasteiger partial charge >= 0.3 is 0 Å². The lowest BCUT2D eigenvalue weighted by atomic mass is 10.1. The molecule has 0 unspecified atom stereocenters. The van der Waals surface area contributed by atoms with Crippen LogP contribution in [0.15, 0.2) is 29.4 Å². The van der Waals surface area contributed by atoms with E-state index >= 15 is 0 Å².